The number of rotatable bonds is 3. The molecular weight excluding hydrogens is 244 g/mol. The molecule has 0 aromatic carbocycles. The van der Waals surface area contributed by atoms with Crippen LogP contribution in [0.4, 0.5) is 5.82 Å². The van der Waals surface area contributed by atoms with Gasteiger partial charge in [-0.2, -0.15) is 0 Å². The van der Waals surface area contributed by atoms with Crippen LogP contribution in [0.3, 0.4) is 0 Å². The molecule has 17 heavy (non-hydrogen) atoms. The van der Waals surface area contributed by atoms with E-state index in [4.69, 9.17) is 26.6 Å². The molecule has 6 heteroatoms. The molecular formula is C11H15ClN2O3. The predicted molar refractivity (Wildman–Crippen MR) is 64.2 cm³/mol. The molecule has 1 saturated heterocycles. The van der Waals surface area contributed by atoms with Crippen LogP contribution in [0.25, 0.3) is 0 Å². The van der Waals surface area contributed by atoms with Gasteiger partial charge in [-0.1, -0.05) is 11.6 Å². The highest BCUT2D eigenvalue weighted by atomic mass is 35.5. The van der Waals surface area contributed by atoms with Crippen molar-refractivity contribution in [1.29, 1.82) is 0 Å². The minimum Gasteiger partial charge on any atom is -0.394 e. The highest BCUT2D eigenvalue weighted by Crippen LogP contribution is 2.21. The van der Waals surface area contributed by atoms with E-state index in [1.54, 1.807) is 6.07 Å². The zero-order valence-electron chi connectivity index (χ0n) is 9.34. The van der Waals surface area contributed by atoms with E-state index in [-0.39, 0.29) is 19.3 Å². The zero-order chi connectivity index (χ0) is 12.3. The Labute approximate surface area is 105 Å². The lowest BCUT2D eigenvalue weighted by Gasteiger charge is -2.33. The molecule has 0 aliphatic carbocycles. The van der Waals surface area contributed by atoms with Crippen LogP contribution in [0.5, 0.6) is 0 Å². The molecule has 1 atom stereocenters. The molecule has 2 heterocycles. The van der Waals surface area contributed by atoms with Gasteiger partial charge in [0.2, 0.25) is 0 Å². The number of nitrogens with zero attached hydrogens (tertiary/aromatic N) is 2. The largest absolute Gasteiger partial charge is 0.394 e. The third-order valence-electron chi connectivity index (χ3n) is 2.76. The smallest absolute Gasteiger partial charge is 0.129 e. The summed E-state index contributed by atoms with van der Waals surface area (Å²) in [5.41, 5.74) is 0.656. The zero-order valence-corrected chi connectivity index (χ0v) is 10.1. The Morgan fingerprint density at radius 2 is 2.35 bits per heavy atom. The summed E-state index contributed by atoms with van der Waals surface area (Å²) in [5.74, 6) is 0.750. The van der Waals surface area contributed by atoms with Gasteiger partial charge in [-0.15, -0.1) is 0 Å². The number of aliphatic hydroxyl groups excluding tert-OH is 2. The molecule has 2 rings (SSSR count). The van der Waals surface area contributed by atoms with Crippen LogP contribution < -0.4 is 4.90 Å². The number of morpholine rings is 1. The first-order chi connectivity index (χ1) is 8.24. The Morgan fingerprint density at radius 3 is 3.06 bits per heavy atom. The molecule has 1 aromatic heterocycles. The Bertz CT molecular complexity index is 389. The number of halogens is 1. The van der Waals surface area contributed by atoms with Crippen molar-refractivity contribution in [1.82, 2.24) is 4.98 Å². The SMILES string of the molecule is OCc1cc(N2CCOC(CO)C2)ncc1Cl. The minimum atomic E-state index is -0.182. The van der Waals surface area contributed by atoms with Gasteiger partial charge in [-0.3, -0.25) is 0 Å². The molecule has 0 spiro atoms. The van der Waals surface area contributed by atoms with Crippen LogP contribution in [-0.2, 0) is 11.3 Å². The molecule has 5 nitrogen and oxygen atoms in total. The summed E-state index contributed by atoms with van der Waals surface area (Å²) in [6, 6.07) is 1.77. The van der Waals surface area contributed by atoms with Gasteiger partial charge >= 0.3 is 0 Å². The first kappa shape index (κ1) is 12.6. The van der Waals surface area contributed by atoms with Gasteiger partial charge in [0.15, 0.2) is 0 Å². The maximum atomic E-state index is 9.14. The lowest BCUT2D eigenvalue weighted by molar-refractivity contribution is 0.00335. The Balaban J connectivity index is 2.16. The quantitative estimate of drug-likeness (QED) is 0.823. The van der Waals surface area contributed by atoms with Gasteiger partial charge in [0.1, 0.15) is 5.82 Å². The van der Waals surface area contributed by atoms with Crippen molar-refractivity contribution in [2.75, 3.05) is 31.2 Å². The van der Waals surface area contributed by atoms with Crippen molar-refractivity contribution >= 4 is 17.4 Å². The second-order valence-corrected chi connectivity index (χ2v) is 4.32. The number of hydrogen-bond donors (Lipinski definition) is 2. The van der Waals surface area contributed by atoms with Gasteiger partial charge in [0.05, 0.1) is 30.9 Å². The van der Waals surface area contributed by atoms with E-state index in [1.807, 2.05) is 4.90 Å². The molecule has 0 radical (unpaired) electrons. The molecule has 1 fully saturated rings. The fourth-order valence-corrected chi connectivity index (χ4v) is 1.96. The molecule has 1 unspecified atom stereocenters. The third-order valence-corrected chi connectivity index (χ3v) is 3.10. The van der Waals surface area contributed by atoms with Gasteiger partial charge in [0, 0.05) is 24.8 Å². The summed E-state index contributed by atoms with van der Waals surface area (Å²) in [4.78, 5) is 6.24. The number of anilines is 1. The van der Waals surface area contributed by atoms with Gasteiger partial charge in [-0.25, -0.2) is 4.98 Å². The molecule has 0 bridgehead atoms. The van der Waals surface area contributed by atoms with Crippen molar-refractivity contribution in [3.05, 3.63) is 22.8 Å². The topological polar surface area (TPSA) is 65.8 Å². The maximum absolute atomic E-state index is 9.14. The predicted octanol–water partition coefficient (Wildman–Crippen LogP) is 0.425. The van der Waals surface area contributed by atoms with E-state index in [1.165, 1.54) is 6.20 Å². The monoisotopic (exact) mass is 258 g/mol. The van der Waals surface area contributed by atoms with E-state index < -0.39 is 0 Å². The van der Waals surface area contributed by atoms with Crippen LogP contribution in [0.2, 0.25) is 5.02 Å². The number of ether oxygens (including phenoxy) is 1. The standard InChI is InChI=1S/C11H15ClN2O3/c12-10-4-13-11(3-8(10)6-15)14-1-2-17-9(5-14)7-16/h3-4,9,15-16H,1-2,5-7H2. The van der Waals surface area contributed by atoms with Crippen molar-refractivity contribution in [2.45, 2.75) is 12.7 Å². The highest BCUT2D eigenvalue weighted by molar-refractivity contribution is 6.31. The molecule has 1 aliphatic heterocycles. The summed E-state index contributed by atoms with van der Waals surface area (Å²) in [6.45, 7) is 1.76. The summed E-state index contributed by atoms with van der Waals surface area (Å²) >= 11 is 5.89. The van der Waals surface area contributed by atoms with Crippen molar-refractivity contribution in [3.63, 3.8) is 0 Å². The van der Waals surface area contributed by atoms with E-state index in [0.29, 0.717) is 23.7 Å². The minimum absolute atomic E-state index is 0.00303. The molecule has 1 aromatic rings. The van der Waals surface area contributed by atoms with Gasteiger partial charge < -0.3 is 19.8 Å². The second kappa shape index (κ2) is 5.64. The summed E-state index contributed by atoms with van der Waals surface area (Å²) in [7, 11) is 0. The lowest BCUT2D eigenvalue weighted by Crippen LogP contribution is -2.44. The fourth-order valence-electron chi connectivity index (χ4n) is 1.80. The summed E-state index contributed by atoms with van der Waals surface area (Å²) < 4.78 is 5.36. The van der Waals surface area contributed by atoms with Crippen LogP contribution in [-0.4, -0.2) is 47.6 Å². The fraction of sp³-hybridized carbons (Fsp3) is 0.545. The summed E-state index contributed by atoms with van der Waals surface area (Å²) in [6.07, 6.45) is 1.35. The summed E-state index contributed by atoms with van der Waals surface area (Å²) in [5, 5.41) is 18.7. The Hall–Kier alpha value is -0.880. The second-order valence-electron chi connectivity index (χ2n) is 3.91. The Morgan fingerprint density at radius 1 is 1.53 bits per heavy atom. The van der Waals surface area contributed by atoms with E-state index in [0.717, 1.165) is 12.4 Å². The van der Waals surface area contributed by atoms with Crippen molar-refractivity contribution in [3.8, 4) is 0 Å². The number of pyridine rings is 1. The number of aromatic nitrogens is 1. The average Bonchev–Trinajstić information content (AvgIpc) is 2.39. The molecule has 0 saturated carbocycles. The van der Waals surface area contributed by atoms with Crippen LogP contribution in [0.1, 0.15) is 5.56 Å². The average molecular weight is 259 g/mol. The van der Waals surface area contributed by atoms with Crippen molar-refractivity contribution in [2.24, 2.45) is 0 Å². The lowest BCUT2D eigenvalue weighted by atomic mass is 10.2. The first-order valence-electron chi connectivity index (χ1n) is 5.47. The highest BCUT2D eigenvalue weighted by Gasteiger charge is 2.21. The van der Waals surface area contributed by atoms with E-state index in [9.17, 15) is 0 Å². The van der Waals surface area contributed by atoms with Crippen LogP contribution >= 0.6 is 11.6 Å². The number of hydrogen-bond acceptors (Lipinski definition) is 5. The third kappa shape index (κ3) is 2.87. The number of aliphatic hydroxyl groups is 2. The van der Waals surface area contributed by atoms with Crippen molar-refractivity contribution < 1.29 is 14.9 Å². The normalized spacial score (nSPS) is 20.6. The first-order valence-corrected chi connectivity index (χ1v) is 5.85. The molecule has 0 amide bonds. The molecule has 94 valence electrons. The van der Waals surface area contributed by atoms with E-state index in [2.05, 4.69) is 4.98 Å². The maximum Gasteiger partial charge on any atom is 0.129 e. The van der Waals surface area contributed by atoms with E-state index >= 15 is 0 Å². The van der Waals surface area contributed by atoms with Crippen LogP contribution in [0, 0.1) is 0 Å². The Kier molecular flexibility index (Phi) is 4.17. The van der Waals surface area contributed by atoms with Gasteiger partial charge in [0.25, 0.3) is 0 Å². The molecule has 1 aliphatic rings. The van der Waals surface area contributed by atoms with Gasteiger partial charge in [-0.05, 0) is 6.07 Å². The van der Waals surface area contributed by atoms with Crippen LogP contribution in [0.15, 0.2) is 12.3 Å². The molecule has 2 N–H and O–H groups in total.